The first-order valence-corrected chi connectivity index (χ1v) is 6.77. The van der Waals surface area contributed by atoms with E-state index in [-0.39, 0.29) is 23.0 Å². The van der Waals surface area contributed by atoms with Gasteiger partial charge in [-0.15, -0.1) is 5.10 Å². The Bertz CT molecular complexity index is 683. The van der Waals surface area contributed by atoms with Crippen molar-refractivity contribution in [3.8, 4) is 0 Å². The lowest BCUT2D eigenvalue weighted by Crippen LogP contribution is -2.21. The molecule has 1 amide bonds. The van der Waals surface area contributed by atoms with Crippen LogP contribution in [-0.4, -0.2) is 36.7 Å². The van der Waals surface area contributed by atoms with E-state index < -0.39 is 0 Å². The van der Waals surface area contributed by atoms with E-state index in [1.165, 1.54) is 6.20 Å². The van der Waals surface area contributed by atoms with Gasteiger partial charge >= 0.3 is 0 Å². The number of nitrogens with two attached hydrogens (primary N) is 1. The summed E-state index contributed by atoms with van der Waals surface area (Å²) in [7, 11) is 0. The molecule has 0 aliphatic heterocycles. The SMILES string of the molecule is CC(C)(C)c1nnsc1C(=O)Nc1[nH]ncc1C(N)=NO. The standard InChI is InChI=1S/C11H15N7O2S/c1-11(2,3)7-6(21-18-15-7)10(19)14-9-5(4-13-16-9)8(12)17-20/h4,20H,1-3H3,(H2,12,17)(H2,13,14,16,19). The molecule has 2 rings (SSSR count). The third kappa shape index (κ3) is 2.99. The quantitative estimate of drug-likeness (QED) is 0.287. The number of aromatic amines is 1. The maximum Gasteiger partial charge on any atom is 0.270 e. The van der Waals surface area contributed by atoms with Crippen molar-refractivity contribution < 1.29 is 10.0 Å². The van der Waals surface area contributed by atoms with Gasteiger partial charge < -0.3 is 16.3 Å². The normalized spacial score (nSPS) is 12.4. The van der Waals surface area contributed by atoms with Crippen LogP contribution in [0.2, 0.25) is 0 Å². The van der Waals surface area contributed by atoms with Gasteiger partial charge in [0.05, 0.1) is 17.5 Å². The number of oxime groups is 1. The summed E-state index contributed by atoms with van der Waals surface area (Å²) in [6.07, 6.45) is 1.35. The number of carbonyl (C=O) groups is 1. The van der Waals surface area contributed by atoms with Crippen molar-refractivity contribution >= 4 is 29.1 Å². The highest BCUT2D eigenvalue weighted by Gasteiger charge is 2.27. The van der Waals surface area contributed by atoms with Gasteiger partial charge in [0.15, 0.2) is 5.84 Å². The molecule has 10 heteroatoms. The summed E-state index contributed by atoms with van der Waals surface area (Å²) in [6.45, 7) is 5.83. The number of hydrogen-bond acceptors (Lipinski definition) is 7. The van der Waals surface area contributed by atoms with Crippen LogP contribution in [0.3, 0.4) is 0 Å². The number of nitrogens with one attached hydrogen (secondary N) is 2. The van der Waals surface area contributed by atoms with Crippen LogP contribution < -0.4 is 11.1 Å². The van der Waals surface area contributed by atoms with E-state index in [1.807, 2.05) is 20.8 Å². The van der Waals surface area contributed by atoms with Gasteiger partial charge in [0.2, 0.25) is 0 Å². The van der Waals surface area contributed by atoms with E-state index in [4.69, 9.17) is 10.9 Å². The third-order valence-electron chi connectivity index (χ3n) is 2.67. The number of H-pyrrole nitrogens is 1. The van der Waals surface area contributed by atoms with Gasteiger partial charge in [0.1, 0.15) is 10.7 Å². The van der Waals surface area contributed by atoms with Gasteiger partial charge in [0.25, 0.3) is 5.91 Å². The topological polar surface area (TPSA) is 142 Å². The van der Waals surface area contributed by atoms with Gasteiger partial charge in [-0.2, -0.15) is 5.10 Å². The van der Waals surface area contributed by atoms with E-state index in [0.29, 0.717) is 16.1 Å². The molecule has 9 nitrogen and oxygen atoms in total. The molecule has 2 aromatic heterocycles. The highest BCUT2D eigenvalue weighted by atomic mass is 32.1. The molecule has 21 heavy (non-hydrogen) atoms. The van der Waals surface area contributed by atoms with Crippen molar-refractivity contribution in [2.75, 3.05) is 5.32 Å². The van der Waals surface area contributed by atoms with Crippen LogP contribution in [0.25, 0.3) is 0 Å². The molecule has 0 radical (unpaired) electrons. The first-order chi connectivity index (χ1) is 9.84. The van der Waals surface area contributed by atoms with E-state index in [9.17, 15) is 4.79 Å². The van der Waals surface area contributed by atoms with Gasteiger partial charge in [-0.05, 0) is 11.5 Å². The van der Waals surface area contributed by atoms with Crippen molar-refractivity contribution in [1.29, 1.82) is 0 Å². The Morgan fingerprint density at radius 2 is 2.24 bits per heavy atom. The van der Waals surface area contributed by atoms with Crippen LogP contribution in [0.5, 0.6) is 0 Å². The molecule has 0 spiro atoms. The Morgan fingerprint density at radius 3 is 2.86 bits per heavy atom. The lowest BCUT2D eigenvalue weighted by atomic mass is 9.91. The van der Waals surface area contributed by atoms with Crippen molar-refractivity contribution in [2.45, 2.75) is 26.2 Å². The molecule has 2 heterocycles. The van der Waals surface area contributed by atoms with Crippen LogP contribution >= 0.6 is 11.5 Å². The fourth-order valence-corrected chi connectivity index (χ4v) is 2.40. The maximum atomic E-state index is 12.3. The summed E-state index contributed by atoms with van der Waals surface area (Å²) in [5.74, 6) is -0.299. The van der Waals surface area contributed by atoms with Crippen LogP contribution in [0.15, 0.2) is 11.4 Å². The maximum absolute atomic E-state index is 12.3. The number of anilines is 1. The Kier molecular flexibility index (Phi) is 3.89. The number of amidine groups is 1. The summed E-state index contributed by atoms with van der Waals surface area (Å²) in [4.78, 5) is 12.7. The number of aromatic nitrogens is 4. The third-order valence-corrected chi connectivity index (χ3v) is 3.39. The molecule has 0 fully saturated rings. The molecule has 0 saturated carbocycles. The Labute approximate surface area is 124 Å². The van der Waals surface area contributed by atoms with Gasteiger partial charge in [-0.3, -0.25) is 9.89 Å². The molecule has 2 aromatic rings. The lowest BCUT2D eigenvalue weighted by molar-refractivity contribution is 0.102. The minimum absolute atomic E-state index is 0.155. The zero-order valence-corrected chi connectivity index (χ0v) is 12.5. The molecule has 0 aromatic carbocycles. The average Bonchev–Trinajstić information content (AvgIpc) is 3.05. The molecule has 0 bridgehead atoms. The van der Waals surface area contributed by atoms with Crippen LogP contribution in [-0.2, 0) is 5.41 Å². The largest absolute Gasteiger partial charge is 0.409 e. The molecular formula is C11H15N7O2S. The van der Waals surface area contributed by atoms with Crippen molar-refractivity contribution in [3.63, 3.8) is 0 Å². The Hall–Kier alpha value is -2.49. The van der Waals surface area contributed by atoms with Gasteiger partial charge in [-0.1, -0.05) is 30.4 Å². The number of nitrogens with zero attached hydrogens (tertiary/aromatic N) is 4. The number of amides is 1. The first-order valence-electron chi connectivity index (χ1n) is 6.00. The van der Waals surface area contributed by atoms with Crippen LogP contribution in [0, 0.1) is 0 Å². The van der Waals surface area contributed by atoms with Crippen molar-refractivity contribution in [2.24, 2.45) is 10.9 Å². The zero-order chi connectivity index (χ0) is 15.6. The predicted octanol–water partition coefficient (Wildman–Crippen LogP) is 0.905. The van der Waals surface area contributed by atoms with Crippen molar-refractivity contribution in [1.82, 2.24) is 19.8 Å². The highest BCUT2D eigenvalue weighted by Crippen LogP contribution is 2.26. The second-order valence-corrected chi connectivity index (χ2v) is 6.05. The highest BCUT2D eigenvalue weighted by molar-refractivity contribution is 7.08. The molecule has 0 unspecified atom stereocenters. The molecular weight excluding hydrogens is 294 g/mol. The van der Waals surface area contributed by atoms with E-state index in [0.717, 1.165) is 11.5 Å². The van der Waals surface area contributed by atoms with Crippen LogP contribution in [0.4, 0.5) is 5.82 Å². The van der Waals surface area contributed by atoms with E-state index in [2.05, 4.69) is 30.3 Å². The van der Waals surface area contributed by atoms with Crippen LogP contribution in [0.1, 0.15) is 41.7 Å². The average molecular weight is 309 g/mol. The summed E-state index contributed by atoms with van der Waals surface area (Å²) < 4.78 is 3.83. The molecule has 0 aliphatic carbocycles. The zero-order valence-electron chi connectivity index (χ0n) is 11.7. The molecule has 112 valence electrons. The molecule has 0 aliphatic rings. The summed E-state index contributed by atoms with van der Waals surface area (Å²) >= 11 is 1.01. The molecule has 0 atom stereocenters. The summed E-state index contributed by atoms with van der Waals surface area (Å²) in [6, 6.07) is 0. The minimum atomic E-state index is -0.383. The Balaban J connectivity index is 2.28. The lowest BCUT2D eigenvalue weighted by Gasteiger charge is -2.16. The molecule has 0 saturated heterocycles. The predicted molar refractivity (Wildman–Crippen MR) is 77.7 cm³/mol. The smallest absolute Gasteiger partial charge is 0.270 e. The number of carbonyl (C=O) groups excluding carboxylic acids is 1. The fraction of sp³-hybridized carbons (Fsp3) is 0.364. The monoisotopic (exact) mass is 309 g/mol. The second-order valence-electron chi connectivity index (χ2n) is 5.30. The van der Waals surface area contributed by atoms with Crippen molar-refractivity contribution in [3.05, 3.63) is 22.3 Å². The second kappa shape index (κ2) is 5.48. The first kappa shape index (κ1) is 14.9. The minimum Gasteiger partial charge on any atom is -0.409 e. The van der Waals surface area contributed by atoms with Gasteiger partial charge in [-0.25, -0.2) is 0 Å². The summed E-state index contributed by atoms with van der Waals surface area (Å²) in [5, 5.41) is 24.5. The van der Waals surface area contributed by atoms with E-state index in [1.54, 1.807) is 0 Å². The van der Waals surface area contributed by atoms with E-state index >= 15 is 0 Å². The Morgan fingerprint density at radius 1 is 1.52 bits per heavy atom. The summed E-state index contributed by atoms with van der Waals surface area (Å²) in [5.41, 5.74) is 6.09. The fourth-order valence-electron chi connectivity index (χ4n) is 1.63. The number of rotatable bonds is 3. The number of hydrogen-bond donors (Lipinski definition) is 4. The molecule has 5 N–H and O–H groups in total. The van der Waals surface area contributed by atoms with Gasteiger partial charge in [0, 0.05) is 5.41 Å².